The molecule has 0 spiro atoms. The van der Waals surface area contributed by atoms with Crippen molar-refractivity contribution in [2.75, 3.05) is 26.4 Å². The first kappa shape index (κ1) is 57.7. The molecule has 380 valence electrons. The minimum atomic E-state index is -1.81. The van der Waals surface area contributed by atoms with Gasteiger partial charge in [0, 0.05) is 0 Å². The molecule has 0 saturated carbocycles. The fraction of sp³-hybridized carbons (Fsp3) is 1.00. The van der Waals surface area contributed by atoms with Crippen molar-refractivity contribution in [2.24, 2.45) is 5.92 Å². The van der Waals surface area contributed by atoms with Crippen LogP contribution in [0.1, 0.15) is 181 Å². The Labute approximate surface area is 383 Å². The molecule has 3 saturated heterocycles. The van der Waals surface area contributed by atoms with Gasteiger partial charge in [-0.2, -0.15) is 0 Å². The van der Waals surface area contributed by atoms with E-state index in [2.05, 4.69) is 13.8 Å². The zero-order valence-electron chi connectivity index (χ0n) is 39.4. The Morgan fingerprint density at radius 3 is 1.19 bits per heavy atom. The molecule has 0 bridgehead atoms. The Kier molecular flexibility index (Phi) is 30.4. The molecule has 0 unspecified atom stereocenters. The summed E-state index contributed by atoms with van der Waals surface area (Å²) in [5.74, 6) is 0.224. The molecule has 3 fully saturated rings. The van der Waals surface area contributed by atoms with Gasteiger partial charge in [0.2, 0.25) is 0 Å². The highest BCUT2D eigenvalue weighted by molar-refractivity contribution is 4.95. The fourth-order valence-electron chi connectivity index (χ4n) is 9.16. The summed E-state index contributed by atoms with van der Waals surface area (Å²) in [6.45, 7) is 2.85. The average Bonchev–Trinajstić information content (AvgIpc) is 3.29. The molecule has 15 atom stereocenters. The molecule has 0 aromatic heterocycles. The fourth-order valence-corrected chi connectivity index (χ4v) is 9.16. The van der Waals surface area contributed by atoms with Crippen molar-refractivity contribution < 1.29 is 79.5 Å². The molecule has 3 aliphatic heterocycles. The van der Waals surface area contributed by atoms with Crippen LogP contribution in [0, 0.1) is 5.92 Å². The molecule has 16 nitrogen and oxygen atoms in total. The van der Waals surface area contributed by atoms with Gasteiger partial charge in [0.25, 0.3) is 0 Å². The lowest BCUT2D eigenvalue weighted by Gasteiger charge is -2.46. The van der Waals surface area contributed by atoms with E-state index in [-0.39, 0.29) is 5.92 Å². The van der Waals surface area contributed by atoms with Gasteiger partial charge in [-0.3, -0.25) is 0 Å². The molecule has 3 aliphatic rings. The van der Waals surface area contributed by atoms with E-state index in [9.17, 15) is 51.1 Å². The first-order chi connectivity index (χ1) is 31.0. The second-order valence-electron chi connectivity index (χ2n) is 18.9. The Hall–Kier alpha value is -0.640. The van der Waals surface area contributed by atoms with Crippen LogP contribution in [0.25, 0.3) is 0 Å². The summed E-state index contributed by atoms with van der Waals surface area (Å²) in [4.78, 5) is 0. The predicted molar refractivity (Wildman–Crippen MR) is 240 cm³/mol. The van der Waals surface area contributed by atoms with Crippen LogP contribution >= 0.6 is 0 Å². The van der Waals surface area contributed by atoms with Crippen LogP contribution in [-0.4, -0.2) is 170 Å². The molecule has 0 amide bonds. The van der Waals surface area contributed by atoms with Crippen LogP contribution in [0.4, 0.5) is 0 Å². The number of aliphatic hydroxyl groups excluding tert-OH is 10. The molecule has 10 N–H and O–H groups in total. The average molecular weight is 925 g/mol. The molecule has 0 aromatic carbocycles. The van der Waals surface area contributed by atoms with E-state index in [1.807, 2.05) is 0 Å². The summed E-state index contributed by atoms with van der Waals surface area (Å²) >= 11 is 0. The quantitative estimate of drug-likeness (QED) is 0.0394. The van der Waals surface area contributed by atoms with Crippen molar-refractivity contribution in [1.82, 2.24) is 0 Å². The number of rotatable bonds is 36. The van der Waals surface area contributed by atoms with Crippen LogP contribution in [-0.2, 0) is 28.4 Å². The zero-order valence-corrected chi connectivity index (χ0v) is 39.4. The number of hydrogen-bond donors (Lipinski definition) is 10. The molecular weight excluding hydrogens is 833 g/mol. The van der Waals surface area contributed by atoms with Gasteiger partial charge in [-0.25, -0.2) is 0 Å². The van der Waals surface area contributed by atoms with Crippen molar-refractivity contribution in [3.05, 3.63) is 0 Å². The van der Waals surface area contributed by atoms with E-state index in [0.717, 1.165) is 38.5 Å². The number of aliphatic hydroxyl groups is 10. The summed E-state index contributed by atoms with van der Waals surface area (Å²) in [5.41, 5.74) is 0. The van der Waals surface area contributed by atoms with E-state index >= 15 is 0 Å². The SMILES string of the molecule is CCCCCCCCCCCCCCC(CCCCCCCCCCCCCC)CO[C@@H]1O[C@H](CO[C@@H]2O[C@H](CO)[C@H](O[C@H]3O[C@H](CO)[C@@H](O)[C@H](O)[C@@H]3O)[C@H](O)[C@H]2O)[C@H](O)[C@H](O)[C@H]1O. The third-order valence-corrected chi connectivity index (χ3v) is 13.5. The molecular formula is C48H92O16. The molecule has 3 rings (SSSR count). The lowest BCUT2D eigenvalue weighted by Crippen LogP contribution is -2.65. The summed E-state index contributed by atoms with van der Waals surface area (Å²) in [6, 6.07) is 0. The van der Waals surface area contributed by atoms with Crippen molar-refractivity contribution in [3.8, 4) is 0 Å². The molecule has 0 aromatic rings. The van der Waals surface area contributed by atoms with Gasteiger partial charge in [0.15, 0.2) is 18.9 Å². The van der Waals surface area contributed by atoms with Crippen molar-refractivity contribution in [1.29, 1.82) is 0 Å². The van der Waals surface area contributed by atoms with Crippen LogP contribution in [0.5, 0.6) is 0 Å². The summed E-state index contributed by atoms with van der Waals surface area (Å²) in [6.07, 6.45) is 8.90. The highest BCUT2D eigenvalue weighted by atomic mass is 16.8. The Balaban J connectivity index is 1.49. The maximum Gasteiger partial charge on any atom is 0.187 e. The highest BCUT2D eigenvalue weighted by Crippen LogP contribution is 2.31. The number of unbranched alkanes of at least 4 members (excludes halogenated alkanes) is 22. The van der Waals surface area contributed by atoms with Crippen LogP contribution < -0.4 is 0 Å². The smallest absolute Gasteiger partial charge is 0.187 e. The largest absolute Gasteiger partial charge is 0.394 e. The van der Waals surface area contributed by atoms with Gasteiger partial charge in [-0.05, 0) is 18.8 Å². The maximum absolute atomic E-state index is 11.0. The van der Waals surface area contributed by atoms with Gasteiger partial charge in [0.1, 0.15) is 73.2 Å². The van der Waals surface area contributed by atoms with Gasteiger partial charge >= 0.3 is 0 Å². The Morgan fingerprint density at radius 1 is 0.375 bits per heavy atom. The molecule has 16 heteroatoms. The first-order valence-corrected chi connectivity index (χ1v) is 25.5. The molecule has 0 aliphatic carbocycles. The van der Waals surface area contributed by atoms with Crippen LogP contribution in [0.2, 0.25) is 0 Å². The third-order valence-electron chi connectivity index (χ3n) is 13.5. The van der Waals surface area contributed by atoms with Crippen LogP contribution in [0.15, 0.2) is 0 Å². The van der Waals surface area contributed by atoms with E-state index in [1.165, 1.54) is 128 Å². The topological polar surface area (TPSA) is 258 Å². The van der Waals surface area contributed by atoms with Gasteiger partial charge < -0.3 is 79.5 Å². The number of ether oxygens (including phenoxy) is 6. The maximum atomic E-state index is 11.0. The van der Waals surface area contributed by atoms with Gasteiger partial charge in [-0.15, -0.1) is 0 Å². The Morgan fingerprint density at radius 2 is 0.734 bits per heavy atom. The molecule has 64 heavy (non-hydrogen) atoms. The minimum Gasteiger partial charge on any atom is -0.394 e. The second-order valence-corrected chi connectivity index (χ2v) is 18.9. The second kappa shape index (κ2) is 33.8. The Bertz CT molecular complexity index is 1090. The normalized spacial score (nSPS) is 33.6. The monoisotopic (exact) mass is 925 g/mol. The molecule has 0 radical (unpaired) electrons. The minimum absolute atomic E-state index is 0.224. The standard InChI is InChI=1S/C48H92O16/c1-3-5-7-9-11-13-15-17-19-21-23-25-27-33(28-26-24-22-20-18-16-14-12-10-8-6-4-2)31-59-46-42(56)40(54)38(52)36(63-46)32-60-47-44(58)41(55)45(35(30-50)62-47)64-48-43(57)39(53)37(51)34(29-49)61-48/h33-58H,3-32H2,1-2H3/t34-,35-,36-,37-,38+,39+,40+,41-,42-,43+,44-,45+,46-,47-,48-/m1/s1. The van der Waals surface area contributed by atoms with E-state index in [0.29, 0.717) is 6.61 Å². The zero-order chi connectivity index (χ0) is 46.7. The lowest BCUT2D eigenvalue weighted by molar-refractivity contribution is -0.364. The number of hydrogen-bond acceptors (Lipinski definition) is 16. The lowest BCUT2D eigenvalue weighted by atomic mass is 9.94. The summed E-state index contributed by atoms with van der Waals surface area (Å²) < 4.78 is 34.5. The van der Waals surface area contributed by atoms with Crippen LogP contribution in [0.3, 0.4) is 0 Å². The third kappa shape index (κ3) is 20.1. The van der Waals surface area contributed by atoms with Crippen molar-refractivity contribution in [2.45, 2.75) is 273 Å². The van der Waals surface area contributed by atoms with E-state index in [1.54, 1.807) is 0 Å². The van der Waals surface area contributed by atoms with Gasteiger partial charge in [0.05, 0.1) is 26.4 Å². The predicted octanol–water partition coefficient (Wildman–Crippen LogP) is 4.25. The van der Waals surface area contributed by atoms with E-state index in [4.69, 9.17) is 28.4 Å². The first-order valence-electron chi connectivity index (χ1n) is 25.5. The van der Waals surface area contributed by atoms with E-state index < -0.39 is 112 Å². The highest BCUT2D eigenvalue weighted by Gasteiger charge is 2.51. The summed E-state index contributed by atoms with van der Waals surface area (Å²) in [7, 11) is 0. The van der Waals surface area contributed by atoms with Crippen molar-refractivity contribution in [3.63, 3.8) is 0 Å². The van der Waals surface area contributed by atoms with Gasteiger partial charge in [-0.1, -0.05) is 168 Å². The molecule has 3 heterocycles. The van der Waals surface area contributed by atoms with Crippen molar-refractivity contribution >= 4 is 0 Å². The summed E-state index contributed by atoms with van der Waals surface area (Å²) in [5, 5.41) is 105.